The van der Waals surface area contributed by atoms with Gasteiger partial charge in [0.2, 0.25) is 10.0 Å². The van der Waals surface area contributed by atoms with Gasteiger partial charge in [-0.1, -0.05) is 19.9 Å². The van der Waals surface area contributed by atoms with Crippen LogP contribution in [-0.4, -0.2) is 25.8 Å². The van der Waals surface area contributed by atoms with Gasteiger partial charge in [0.15, 0.2) is 0 Å². The minimum atomic E-state index is -3.38. The van der Waals surface area contributed by atoms with Crippen molar-refractivity contribution in [2.45, 2.75) is 32.2 Å². The molecule has 2 atom stereocenters. The Kier molecular flexibility index (Phi) is 3.99. The van der Waals surface area contributed by atoms with Crippen LogP contribution < -0.4 is 5.73 Å². The highest BCUT2D eigenvalue weighted by atomic mass is 32.2. The van der Waals surface area contributed by atoms with E-state index in [-0.39, 0.29) is 0 Å². The fraction of sp³-hybridized carbons (Fsp3) is 0.571. The monoisotopic (exact) mass is 282 g/mol. The molecular formula is C14H22N2O2S. The molecule has 106 valence electrons. The predicted molar refractivity (Wildman–Crippen MR) is 76.2 cm³/mol. The molecule has 4 nitrogen and oxygen atoms in total. The number of hydrogen-bond donors (Lipinski definition) is 1. The Labute approximate surface area is 115 Å². The minimum Gasteiger partial charge on any atom is -0.326 e. The third kappa shape index (κ3) is 2.68. The molecule has 0 saturated carbocycles. The van der Waals surface area contributed by atoms with Gasteiger partial charge in [-0.2, -0.15) is 4.31 Å². The van der Waals surface area contributed by atoms with Crippen LogP contribution in [0.2, 0.25) is 0 Å². The van der Waals surface area contributed by atoms with E-state index in [0.29, 0.717) is 36.4 Å². The lowest BCUT2D eigenvalue weighted by Gasteiger charge is -2.17. The van der Waals surface area contributed by atoms with Gasteiger partial charge in [0.25, 0.3) is 0 Å². The third-order valence-electron chi connectivity index (χ3n) is 4.13. The minimum absolute atomic E-state index is 0.361. The van der Waals surface area contributed by atoms with Crippen molar-refractivity contribution in [3.63, 3.8) is 0 Å². The highest BCUT2D eigenvalue weighted by Crippen LogP contribution is 2.28. The largest absolute Gasteiger partial charge is 0.326 e. The maximum atomic E-state index is 12.6. The number of nitrogens with zero attached hydrogens (tertiary/aromatic N) is 1. The maximum absolute atomic E-state index is 12.6. The third-order valence-corrected chi connectivity index (χ3v) is 5.96. The Morgan fingerprint density at radius 3 is 2.37 bits per heavy atom. The summed E-state index contributed by atoms with van der Waals surface area (Å²) >= 11 is 0. The second kappa shape index (κ2) is 5.23. The topological polar surface area (TPSA) is 63.4 Å². The van der Waals surface area contributed by atoms with E-state index in [2.05, 4.69) is 13.8 Å². The number of benzene rings is 1. The quantitative estimate of drug-likeness (QED) is 0.918. The van der Waals surface area contributed by atoms with Gasteiger partial charge in [0.05, 0.1) is 4.90 Å². The van der Waals surface area contributed by atoms with Crippen LogP contribution in [-0.2, 0) is 16.6 Å². The SMILES string of the molecule is Cc1ccc(S(=O)(=O)N2CC(C)C(C)C2)cc1CN. The molecule has 1 fully saturated rings. The van der Waals surface area contributed by atoms with E-state index >= 15 is 0 Å². The van der Waals surface area contributed by atoms with Gasteiger partial charge in [-0.05, 0) is 42.0 Å². The van der Waals surface area contributed by atoms with Crippen molar-refractivity contribution in [1.82, 2.24) is 4.31 Å². The highest BCUT2D eigenvalue weighted by molar-refractivity contribution is 7.89. The lowest BCUT2D eigenvalue weighted by atomic mass is 10.0. The second-order valence-corrected chi connectivity index (χ2v) is 7.51. The molecule has 1 aromatic carbocycles. The summed E-state index contributed by atoms with van der Waals surface area (Å²) in [5.41, 5.74) is 7.57. The van der Waals surface area contributed by atoms with E-state index in [1.54, 1.807) is 16.4 Å². The molecule has 1 saturated heterocycles. The molecule has 0 aromatic heterocycles. The van der Waals surface area contributed by atoms with Crippen LogP contribution in [0.15, 0.2) is 23.1 Å². The molecule has 0 bridgehead atoms. The second-order valence-electron chi connectivity index (χ2n) is 5.57. The first-order valence-corrected chi connectivity index (χ1v) is 8.10. The zero-order valence-electron chi connectivity index (χ0n) is 11.8. The van der Waals surface area contributed by atoms with Gasteiger partial charge < -0.3 is 5.73 Å². The van der Waals surface area contributed by atoms with Gasteiger partial charge in [-0.25, -0.2) is 8.42 Å². The van der Waals surface area contributed by atoms with E-state index in [9.17, 15) is 8.42 Å². The Hall–Kier alpha value is -0.910. The van der Waals surface area contributed by atoms with Crippen LogP contribution >= 0.6 is 0 Å². The van der Waals surface area contributed by atoms with Crippen molar-refractivity contribution >= 4 is 10.0 Å². The lowest BCUT2D eigenvalue weighted by molar-refractivity contribution is 0.463. The molecule has 0 aliphatic carbocycles. The molecule has 1 aliphatic rings. The van der Waals surface area contributed by atoms with Crippen LogP contribution in [0.5, 0.6) is 0 Å². The maximum Gasteiger partial charge on any atom is 0.243 e. The van der Waals surface area contributed by atoms with Crippen molar-refractivity contribution in [2.75, 3.05) is 13.1 Å². The summed E-state index contributed by atoms with van der Waals surface area (Å²) in [4.78, 5) is 0.361. The van der Waals surface area contributed by atoms with Gasteiger partial charge >= 0.3 is 0 Å². The van der Waals surface area contributed by atoms with Crippen LogP contribution in [0.4, 0.5) is 0 Å². The molecule has 1 heterocycles. The fourth-order valence-corrected chi connectivity index (χ4v) is 4.14. The average molecular weight is 282 g/mol. The van der Waals surface area contributed by atoms with Gasteiger partial charge in [-0.3, -0.25) is 0 Å². The zero-order chi connectivity index (χ0) is 14.2. The molecule has 0 amide bonds. The van der Waals surface area contributed by atoms with E-state index in [0.717, 1.165) is 11.1 Å². The van der Waals surface area contributed by atoms with E-state index < -0.39 is 10.0 Å². The molecule has 19 heavy (non-hydrogen) atoms. The number of sulfonamides is 1. The Morgan fingerprint density at radius 1 is 1.26 bits per heavy atom. The Balaban J connectivity index is 2.35. The number of rotatable bonds is 3. The van der Waals surface area contributed by atoms with Crippen LogP contribution in [0.3, 0.4) is 0 Å². The van der Waals surface area contributed by atoms with E-state index in [1.807, 2.05) is 13.0 Å². The van der Waals surface area contributed by atoms with Gasteiger partial charge in [0, 0.05) is 19.6 Å². The molecule has 0 spiro atoms. The first kappa shape index (κ1) is 14.5. The van der Waals surface area contributed by atoms with Gasteiger partial charge in [0.1, 0.15) is 0 Å². The van der Waals surface area contributed by atoms with Crippen molar-refractivity contribution in [3.05, 3.63) is 29.3 Å². The smallest absolute Gasteiger partial charge is 0.243 e. The Bertz CT molecular complexity index is 559. The van der Waals surface area contributed by atoms with Crippen LogP contribution in [0.1, 0.15) is 25.0 Å². The van der Waals surface area contributed by atoms with Crippen LogP contribution in [0, 0.1) is 18.8 Å². The van der Waals surface area contributed by atoms with Crippen molar-refractivity contribution in [2.24, 2.45) is 17.6 Å². The highest BCUT2D eigenvalue weighted by Gasteiger charge is 2.34. The molecule has 2 rings (SSSR count). The zero-order valence-corrected chi connectivity index (χ0v) is 12.6. The lowest BCUT2D eigenvalue weighted by Crippen LogP contribution is -2.29. The summed E-state index contributed by atoms with van der Waals surface area (Å²) in [6.45, 7) is 7.71. The fourth-order valence-electron chi connectivity index (χ4n) is 2.45. The predicted octanol–water partition coefficient (Wildman–Crippen LogP) is 1.73. The van der Waals surface area contributed by atoms with Crippen molar-refractivity contribution < 1.29 is 8.42 Å². The molecular weight excluding hydrogens is 260 g/mol. The molecule has 1 aromatic rings. The number of aryl methyl sites for hydroxylation is 1. The number of hydrogen-bond acceptors (Lipinski definition) is 3. The summed E-state index contributed by atoms with van der Waals surface area (Å²) in [5.74, 6) is 0.823. The van der Waals surface area contributed by atoms with Crippen LogP contribution in [0.25, 0.3) is 0 Å². The van der Waals surface area contributed by atoms with E-state index in [4.69, 9.17) is 5.73 Å². The summed E-state index contributed by atoms with van der Waals surface area (Å²) in [5, 5.41) is 0. The molecule has 0 radical (unpaired) electrons. The number of nitrogens with two attached hydrogens (primary N) is 1. The molecule has 2 unspecified atom stereocenters. The average Bonchev–Trinajstić information content (AvgIpc) is 2.70. The standard InChI is InChI=1S/C14H22N2O2S/c1-10-4-5-14(6-13(10)7-15)19(17,18)16-8-11(2)12(3)9-16/h4-6,11-12H,7-9,15H2,1-3H3. The normalized spacial score (nSPS) is 24.8. The van der Waals surface area contributed by atoms with Gasteiger partial charge in [-0.15, -0.1) is 0 Å². The molecule has 2 N–H and O–H groups in total. The molecule has 1 aliphatic heterocycles. The first-order chi connectivity index (χ1) is 8.86. The summed E-state index contributed by atoms with van der Waals surface area (Å²) in [6, 6.07) is 5.22. The summed E-state index contributed by atoms with van der Waals surface area (Å²) in [6.07, 6.45) is 0. The van der Waals surface area contributed by atoms with Crippen molar-refractivity contribution in [1.29, 1.82) is 0 Å². The molecule has 5 heteroatoms. The summed E-state index contributed by atoms with van der Waals surface area (Å²) in [7, 11) is -3.38. The van der Waals surface area contributed by atoms with E-state index in [1.165, 1.54) is 0 Å². The van der Waals surface area contributed by atoms with Crippen molar-refractivity contribution in [3.8, 4) is 0 Å². The summed E-state index contributed by atoms with van der Waals surface area (Å²) < 4.78 is 26.8. The Morgan fingerprint density at radius 2 is 1.84 bits per heavy atom. The first-order valence-electron chi connectivity index (χ1n) is 6.66.